The normalized spacial score (nSPS) is 12.6. The van der Waals surface area contributed by atoms with Crippen molar-refractivity contribution in [1.29, 1.82) is 0 Å². The van der Waals surface area contributed by atoms with Crippen molar-refractivity contribution in [2.24, 2.45) is 5.73 Å². The number of halogens is 1. The summed E-state index contributed by atoms with van der Waals surface area (Å²) in [6.45, 7) is 7.68. The summed E-state index contributed by atoms with van der Waals surface area (Å²) in [6.07, 6.45) is 0. The molecule has 0 aliphatic rings. The van der Waals surface area contributed by atoms with E-state index >= 15 is 0 Å². The summed E-state index contributed by atoms with van der Waals surface area (Å²) in [5.74, 6) is 0.521. The highest BCUT2D eigenvalue weighted by Crippen LogP contribution is 2.22. The van der Waals surface area contributed by atoms with Crippen molar-refractivity contribution >= 4 is 18.3 Å². The average molecular weight is 393 g/mol. The summed E-state index contributed by atoms with van der Waals surface area (Å²) in [7, 11) is 0. The van der Waals surface area contributed by atoms with Gasteiger partial charge in [-0.2, -0.15) is 0 Å². The number of aryl methyl sites for hydroxylation is 1. The predicted molar refractivity (Wildman–Crippen MR) is 110 cm³/mol. The van der Waals surface area contributed by atoms with E-state index < -0.39 is 5.54 Å². The summed E-state index contributed by atoms with van der Waals surface area (Å²) in [5, 5.41) is 2.92. The summed E-state index contributed by atoms with van der Waals surface area (Å²) >= 11 is 0. The topological polar surface area (TPSA) is 73.6 Å². The van der Waals surface area contributed by atoms with E-state index in [-0.39, 0.29) is 18.3 Å². The number of benzene rings is 2. The van der Waals surface area contributed by atoms with E-state index in [4.69, 9.17) is 15.2 Å². The summed E-state index contributed by atoms with van der Waals surface area (Å²) < 4.78 is 11.1. The molecule has 1 amide bonds. The van der Waals surface area contributed by atoms with Crippen molar-refractivity contribution in [2.75, 3.05) is 19.8 Å². The minimum atomic E-state index is -1.10. The molecule has 5 nitrogen and oxygen atoms in total. The molecule has 0 bridgehead atoms. The molecule has 0 aromatic heterocycles. The van der Waals surface area contributed by atoms with Gasteiger partial charge in [0.15, 0.2) is 0 Å². The van der Waals surface area contributed by atoms with Gasteiger partial charge in [-0.3, -0.25) is 4.79 Å². The second-order valence-corrected chi connectivity index (χ2v) is 6.41. The Kier molecular flexibility index (Phi) is 9.29. The Bertz CT molecular complexity index is 721. The molecule has 0 aliphatic heterocycles. The lowest BCUT2D eigenvalue weighted by Crippen LogP contribution is -2.48. The maximum atomic E-state index is 12.6. The molecule has 2 aromatic rings. The molecular formula is C21H29ClN2O3. The first-order valence-corrected chi connectivity index (χ1v) is 8.88. The first-order valence-electron chi connectivity index (χ1n) is 8.88. The van der Waals surface area contributed by atoms with Crippen molar-refractivity contribution in [3.63, 3.8) is 0 Å². The highest BCUT2D eigenvalue weighted by molar-refractivity contribution is 5.87. The fraction of sp³-hybridized carbons (Fsp3) is 0.381. The minimum absolute atomic E-state index is 0. The van der Waals surface area contributed by atoms with E-state index in [2.05, 4.69) is 5.32 Å². The van der Waals surface area contributed by atoms with Crippen LogP contribution < -0.4 is 15.8 Å². The van der Waals surface area contributed by atoms with E-state index in [1.54, 1.807) is 6.92 Å². The van der Waals surface area contributed by atoms with Crippen molar-refractivity contribution < 1.29 is 14.3 Å². The van der Waals surface area contributed by atoms with Gasteiger partial charge in [-0.15, -0.1) is 12.4 Å². The third kappa shape index (κ3) is 6.54. The molecule has 3 N–H and O–H groups in total. The molecule has 1 atom stereocenters. The maximum absolute atomic E-state index is 12.6. The maximum Gasteiger partial charge on any atom is 0.244 e. The number of nitrogens with two attached hydrogens (primary N) is 1. The van der Waals surface area contributed by atoms with Crippen molar-refractivity contribution in [3.05, 3.63) is 65.2 Å². The molecule has 1 unspecified atom stereocenters. The molecular weight excluding hydrogens is 364 g/mol. The lowest BCUT2D eigenvalue weighted by atomic mass is 9.92. The van der Waals surface area contributed by atoms with Gasteiger partial charge in [-0.25, -0.2) is 0 Å². The zero-order valence-corrected chi connectivity index (χ0v) is 17.0. The first-order chi connectivity index (χ1) is 12.4. The van der Waals surface area contributed by atoms with E-state index in [1.807, 2.05) is 62.4 Å². The van der Waals surface area contributed by atoms with Crippen LogP contribution in [0.25, 0.3) is 0 Å². The van der Waals surface area contributed by atoms with Crippen molar-refractivity contribution in [1.82, 2.24) is 5.32 Å². The molecule has 148 valence electrons. The summed E-state index contributed by atoms with van der Waals surface area (Å²) in [4.78, 5) is 12.6. The molecule has 6 heteroatoms. The fourth-order valence-corrected chi connectivity index (χ4v) is 2.57. The average Bonchev–Trinajstić information content (AvgIpc) is 2.65. The molecule has 0 spiro atoms. The second kappa shape index (κ2) is 10.9. The van der Waals surface area contributed by atoms with Crippen LogP contribution in [0.2, 0.25) is 0 Å². The molecule has 0 heterocycles. The number of ether oxygens (including phenoxy) is 2. The number of hydrogen-bond donors (Lipinski definition) is 2. The van der Waals surface area contributed by atoms with Crippen molar-refractivity contribution in [2.45, 2.75) is 32.9 Å². The van der Waals surface area contributed by atoms with E-state index in [0.29, 0.717) is 26.4 Å². The molecule has 27 heavy (non-hydrogen) atoms. The highest BCUT2D eigenvalue weighted by Gasteiger charge is 2.30. The van der Waals surface area contributed by atoms with E-state index in [9.17, 15) is 4.79 Å². The summed E-state index contributed by atoms with van der Waals surface area (Å²) in [6, 6.07) is 15.3. The Morgan fingerprint density at radius 2 is 1.85 bits per heavy atom. The fourth-order valence-electron chi connectivity index (χ4n) is 2.57. The van der Waals surface area contributed by atoms with E-state index in [0.717, 1.165) is 22.4 Å². The van der Waals surface area contributed by atoms with Crippen molar-refractivity contribution in [3.8, 4) is 5.75 Å². The smallest absolute Gasteiger partial charge is 0.244 e. The molecule has 2 aromatic carbocycles. The summed E-state index contributed by atoms with van der Waals surface area (Å²) in [5.41, 5.74) is 7.94. The van der Waals surface area contributed by atoms with Gasteiger partial charge in [0.2, 0.25) is 5.91 Å². The second-order valence-electron chi connectivity index (χ2n) is 6.41. The number of carbonyl (C=O) groups is 1. The van der Waals surface area contributed by atoms with Crippen LogP contribution in [0.1, 0.15) is 30.5 Å². The van der Waals surface area contributed by atoms with Gasteiger partial charge in [0.1, 0.15) is 17.9 Å². The predicted octanol–water partition coefficient (Wildman–Crippen LogP) is 3.32. The molecule has 0 saturated carbocycles. The van der Waals surface area contributed by atoms with Crippen LogP contribution >= 0.6 is 12.4 Å². The Morgan fingerprint density at radius 3 is 2.52 bits per heavy atom. The Hall–Kier alpha value is -2.08. The Balaban J connectivity index is 0.00000364. The lowest BCUT2D eigenvalue weighted by Gasteiger charge is -2.24. The van der Waals surface area contributed by atoms with Gasteiger partial charge in [0.25, 0.3) is 0 Å². The Labute approximate surface area is 167 Å². The zero-order valence-electron chi connectivity index (χ0n) is 16.2. The van der Waals surface area contributed by atoms with E-state index in [1.165, 1.54) is 0 Å². The molecule has 0 saturated heterocycles. The largest absolute Gasteiger partial charge is 0.491 e. The molecule has 0 radical (unpaired) electrons. The Morgan fingerprint density at radius 1 is 1.15 bits per heavy atom. The van der Waals surface area contributed by atoms with Crippen LogP contribution in [-0.2, 0) is 21.6 Å². The van der Waals surface area contributed by atoms with Gasteiger partial charge in [-0.1, -0.05) is 42.5 Å². The monoisotopic (exact) mass is 392 g/mol. The number of hydrogen-bond acceptors (Lipinski definition) is 4. The number of carbonyl (C=O) groups excluding carboxylic acids is 1. The zero-order chi connectivity index (χ0) is 19.0. The standard InChI is InChI=1S/C21H28N2O3.ClH/c1-4-25-12-13-26-19-14-16(2)10-11-17(19)15-23-20(24)21(3,22)18-8-6-5-7-9-18;/h5-11,14H,4,12-13,15,22H2,1-3H3,(H,23,24);1H. The molecule has 2 rings (SSSR count). The van der Waals surface area contributed by atoms with Gasteiger partial charge >= 0.3 is 0 Å². The third-order valence-electron chi connectivity index (χ3n) is 4.20. The van der Waals surface area contributed by atoms with Crippen LogP contribution in [0.5, 0.6) is 5.75 Å². The lowest BCUT2D eigenvalue weighted by molar-refractivity contribution is -0.126. The number of amides is 1. The van der Waals surface area contributed by atoms with Gasteiger partial charge in [0, 0.05) is 18.7 Å². The van der Waals surface area contributed by atoms with Gasteiger partial charge in [-0.05, 0) is 38.0 Å². The SMILES string of the molecule is CCOCCOc1cc(C)ccc1CNC(=O)C(C)(N)c1ccccc1.Cl. The van der Waals surface area contributed by atoms with Crippen LogP contribution in [-0.4, -0.2) is 25.7 Å². The number of nitrogens with one attached hydrogen (secondary N) is 1. The van der Waals surface area contributed by atoms with Crippen LogP contribution in [0.3, 0.4) is 0 Å². The highest BCUT2D eigenvalue weighted by atomic mass is 35.5. The van der Waals surface area contributed by atoms with Crippen LogP contribution in [0, 0.1) is 6.92 Å². The quantitative estimate of drug-likeness (QED) is 0.642. The molecule has 0 fully saturated rings. The first kappa shape index (κ1) is 23.0. The third-order valence-corrected chi connectivity index (χ3v) is 4.20. The number of rotatable bonds is 9. The van der Waals surface area contributed by atoms with Gasteiger partial charge < -0.3 is 20.5 Å². The van der Waals surface area contributed by atoms with Crippen LogP contribution in [0.15, 0.2) is 48.5 Å². The minimum Gasteiger partial charge on any atom is -0.491 e. The van der Waals surface area contributed by atoms with Crippen LogP contribution in [0.4, 0.5) is 0 Å². The molecule has 0 aliphatic carbocycles. The van der Waals surface area contributed by atoms with Gasteiger partial charge in [0.05, 0.1) is 6.61 Å².